The Balaban J connectivity index is 1.18. The molecule has 8 nitrogen and oxygen atoms in total. The monoisotopic (exact) mass is 483 g/mol. The van der Waals surface area contributed by atoms with Gasteiger partial charge in [0.2, 0.25) is 0 Å². The van der Waals surface area contributed by atoms with E-state index in [1.54, 1.807) is 18.3 Å². The van der Waals surface area contributed by atoms with Crippen LogP contribution in [0.2, 0.25) is 5.02 Å². The number of amides is 1. The van der Waals surface area contributed by atoms with Gasteiger partial charge in [-0.05, 0) is 56.2 Å². The van der Waals surface area contributed by atoms with E-state index in [4.69, 9.17) is 16.6 Å². The van der Waals surface area contributed by atoms with Gasteiger partial charge in [-0.1, -0.05) is 11.6 Å². The predicted octanol–water partition coefficient (Wildman–Crippen LogP) is 2.72. The molecule has 34 heavy (non-hydrogen) atoms. The third-order valence-electron chi connectivity index (χ3n) is 7.52. The summed E-state index contributed by atoms with van der Waals surface area (Å²) in [6.45, 7) is 5.46. The summed E-state index contributed by atoms with van der Waals surface area (Å²) >= 11 is 6.32. The van der Waals surface area contributed by atoms with Gasteiger partial charge in [0.1, 0.15) is 0 Å². The van der Waals surface area contributed by atoms with Gasteiger partial charge in [-0.25, -0.2) is 9.37 Å². The van der Waals surface area contributed by atoms with Crippen LogP contribution < -0.4 is 15.5 Å². The van der Waals surface area contributed by atoms with Gasteiger partial charge in [0.15, 0.2) is 23.0 Å². The van der Waals surface area contributed by atoms with Crippen LogP contribution in [0, 0.1) is 11.7 Å². The van der Waals surface area contributed by atoms with E-state index >= 15 is 4.39 Å². The Bertz CT molecular complexity index is 1280. The highest BCUT2D eigenvalue weighted by Gasteiger charge is 2.39. The topological polar surface area (TPSA) is 88.0 Å². The SMILES string of the molecule is CCn1cc(Cl)c2cc(C(=O)NC3CCc4nc(N5CCC6CNCC65)c(F)cc4C3)nnc21. The summed E-state index contributed by atoms with van der Waals surface area (Å²) in [5, 5.41) is 16.0. The van der Waals surface area contributed by atoms with Crippen molar-refractivity contribution in [3.63, 3.8) is 0 Å². The van der Waals surface area contributed by atoms with Crippen molar-refractivity contribution in [2.24, 2.45) is 5.92 Å². The maximum absolute atomic E-state index is 15.1. The Labute approximate surface area is 201 Å². The second kappa shape index (κ2) is 8.46. The van der Waals surface area contributed by atoms with E-state index in [1.165, 1.54) is 0 Å². The lowest BCUT2D eigenvalue weighted by atomic mass is 9.91. The van der Waals surface area contributed by atoms with Crippen LogP contribution >= 0.6 is 11.6 Å². The molecule has 0 saturated carbocycles. The van der Waals surface area contributed by atoms with Crippen LogP contribution in [0.1, 0.15) is 41.5 Å². The van der Waals surface area contributed by atoms with Crippen LogP contribution in [-0.4, -0.2) is 57.4 Å². The molecule has 1 amide bonds. The fraction of sp³-hybridized carbons (Fsp3) is 0.500. The van der Waals surface area contributed by atoms with E-state index in [0.717, 1.165) is 43.7 Å². The van der Waals surface area contributed by atoms with E-state index < -0.39 is 0 Å². The normalized spacial score (nSPS) is 23.9. The molecule has 5 heterocycles. The maximum atomic E-state index is 15.1. The van der Waals surface area contributed by atoms with Crippen molar-refractivity contribution in [2.45, 2.75) is 51.2 Å². The molecule has 6 rings (SSSR count). The van der Waals surface area contributed by atoms with Gasteiger partial charge in [-0.15, -0.1) is 10.2 Å². The molecule has 178 valence electrons. The fourth-order valence-corrected chi connectivity index (χ4v) is 5.97. The van der Waals surface area contributed by atoms with Gasteiger partial charge in [-0.3, -0.25) is 4.79 Å². The summed E-state index contributed by atoms with van der Waals surface area (Å²) in [5.74, 6) is 0.487. The van der Waals surface area contributed by atoms with Crippen LogP contribution in [0.25, 0.3) is 11.0 Å². The van der Waals surface area contributed by atoms with Crippen LogP contribution in [0.15, 0.2) is 18.3 Å². The van der Waals surface area contributed by atoms with Gasteiger partial charge >= 0.3 is 0 Å². The Morgan fingerprint density at radius 1 is 1.29 bits per heavy atom. The number of hydrogen-bond donors (Lipinski definition) is 2. The maximum Gasteiger partial charge on any atom is 0.272 e. The molecule has 3 unspecified atom stereocenters. The summed E-state index contributed by atoms with van der Waals surface area (Å²) in [6.07, 6.45) is 4.85. The quantitative estimate of drug-likeness (QED) is 0.593. The lowest BCUT2D eigenvalue weighted by Crippen LogP contribution is -2.40. The van der Waals surface area contributed by atoms with Crippen molar-refractivity contribution in [2.75, 3.05) is 24.5 Å². The van der Waals surface area contributed by atoms with Gasteiger partial charge in [0, 0.05) is 55.5 Å². The Hall–Kier alpha value is -2.78. The van der Waals surface area contributed by atoms with E-state index in [2.05, 4.69) is 25.7 Å². The number of hydrogen-bond acceptors (Lipinski definition) is 6. The zero-order chi connectivity index (χ0) is 23.4. The number of nitrogens with zero attached hydrogens (tertiary/aromatic N) is 5. The molecule has 0 aromatic carbocycles. The smallest absolute Gasteiger partial charge is 0.272 e. The number of rotatable bonds is 4. The van der Waals surface area contributed by atoms with E-state index in [1.807, 2.05) is 11.5 Å². The zero-order valence-corrected chi connectivity index (χ0v) is 19.8. The first-order valence-electron chi connectivity index (χ1n) is 12.0. The number of aryl methyl sites for hydroxylation is 2. The molecule has 10 heteroatoms. The summed E-state index contributed by atoms with van der Waals surface area (Å²) in [4.78, 5) is 19.8. The standard InChI is InChI=1S/C24H27ClFN7O/c1-2-32-12-17(25)16-9-20(30-31-22(16)32)24(34)28-15-3-4-19-14(7-15)8-18(26)23(29-19)33-6-5-13-10-27-11-21(13)33/h8-9,12-13,15,21,27H,2-7,10-11H2,1H3,(H,28,34). The number of aromatic nitrogens is 4. The second-order valence-electron chi connectivity index (χ2n) is 9.51. The van der Waals surface area contributed by atoms with E-state index in [9.17, 15) is 4.79 Å². The number of carbonyl (C=O) groups excluding carboxylic acids is 1. The first-order valence-corrected chi connectivity index (χ1v) is 12.4. The highest BCUT2D eigenvalue weighted by Crippen LogP contribution is 2.34. The first-order chi connectivity index (χ1) is 16.5. The zero-order valence-electron chi connectivity index (χ0n) is 19.0. The molecule has 2 aliphatic heterocycles. The largest absolute Gasteiger partial charge is 0.350 e. The molecule has 3 aromatic heterocycles. The number of carbonyl (C=O) groups is 1. The molecule has 3 aromatic rings. The van der Waals surface area contributed by atoms with Crippen LogP contribution in [-0.2, 0) is 19.4 Å². The second-order valence-corrected chi connectivity index (χ2v) is 9.92. The molecule has 0 radical (unpaired) electrons. The van der Waals surface area contributed by atoms with Crippen molar-refractivity contribution in [1.82, 2.24) is 30.4 Å². The minimum Gasteiger partial charge on any atom is -0.350 e. The highest BCUT2D eigenvalue weighted by molar-refractivity contribution is 6.35. The molecular weight excluding hydrogens is 457 g/mol. The number of nitrogens with one attached hydrogen (secondary N) is 2. The Morgan fingerprint density at radius 3 is 3.03 bits per heavy atom. The molecule has 2 saturated heterocycles. The fourth-order valence-electron chi connectivity index (χ4n) is 5.71. The third kappa shape index (κ3) is 3.62. The lowest BCUT2D eigenvalue weighted by molar-refractivity contribution is 0.0927. The van der Waals surface area contributed by atoms with Crippen molar-refractivity contribution in [3.05, 3.63) is 46.1 Å². The number of pyridine rings is 1. The molecule has 3 atom stereocenters. The Morgan fingerprint density at radius 2 is 2.18 bits per heavy atom. The summed E-state index contributed by atoms with van der Waals surface area (Å²) < 4.78 is 17.0. The average molecular weight is 484 g/mol. The molecule has 2 N–H and O–H groups in total. The van der Waals surface area contributed by atoms with E-state index in [-0.39, 0.29) is 23.5 Å². The highest BCUT2D eigenvalue weighted by atomic mass is 35.5. The van der Waals surface area contributed by atoms with E-state index in [0.29, 0.717) is 53.2 Å². The van der Waals surface area contributed by atoms with Crippen molar-refractivity contribution >= 4 is 34.4 Å². The first kappa shape index (κ1) is 21.7. The van der Waals surface area contributed by atoms with Gasteiger partial charge in [-0.2, -0.15) is 0 Å². The molecular formula is C24H27ClFN7O. The third-order valence-corrected chi connectivity index (χ3v) is 7.82. The van der Waals surface area contributed by atoms with Crippen molar-refractivity contribution < 1.29 is 9.18 Å². The van der Waals surface area contributed by atoms with Crippen LogP contribution in [0.4, 0.5) is 10.2 Å². The molecule has 0 bridgehead atoms. The summed E-state index contributed by atoms with van der Waals surface area (Å²) in [6, 6.07) is 3.51. The Kier molecular flexibility index (Phi) is 5.41. The number of fused-ring (bicyclic) bond motifs is 3. The average Bonchev–Trinajstić information content (AvgIpc) is 3.53. The van der Waals surface area contributed by atoms with Gasteiger partial charge < -0.3 is 20.1 Å². The molecule has 2 fully saturated rings. The molecule has 3 aliphatic rings. The van der Waals surface area contributed by atoms with Crippen LogP contribution in [0.5, 0.6) is 0 Å². The van der Waals surface area contributed by atoms with Crippen molar-refractivity contribution in [3.8, 4) is 0 Å². The lowest BCUT2D eigenvalue weighted by Gasteiger charge is -2.29. The van der Waals surface area contributed by atoms with Gasteiger partial charge in [0.05, 0.1) is 5.02 Å². The minimum atomic E-state index is -0.301. The summed E-state index contributed by atoms with van der Waals surface area (Å²) in [5.41, 5.74) is 2.68. The number of anilines is 1. The number of halogens is 2. The molecule has 0 spiro atoms. The molecule has 1 aliphatic carbocycles. The van der Waals surface area contributed by atoms with Crippen molar-refractivity contribution in [1.29, 1.82) is 0 Å². The van der Waals surface area contributed by atoms with Gasteiger partial charge in [0.25, 0.3) is 5.91 Å². The van der Waals surface area contributed by atoms with Crippen LogP contribution in [0.3, 0.4) is 0 Å². The predicted molar refractivity (Wildman–Crippen MR) is 128 cm³/mol. The summed E-state index contributed by atoms with van der Waals surface area (Å²) in [7, 11) is 0. The minimum absolute atomic E-state index is 0.115.